The maximum atomic E-state index is 2.57. The Morgan fingerprint density at radius 1 is 0.722 bits per heavy atom. The molecule has 0 saturated carbocycles. The van der Waals surface area contributed by atoms with Crippen molar-refractivity contribution in [3.63, 3.8) is 0 Å². The Kier molecular flexibility index (Phi) is 7.95. The molecule has 2 heteroatoms. The van der Waals surface area contributed by atoms with Crippen LogP contribution in [-0.4, -0.2) is 29.1 Å². The third kappa shape index (κ3) is 4.91. The largest absolute Gasteiger partial charge is 0.356 e. The molecule has 0 amide bonds. The summed E-state index contributed by atoms with van der Waals surface area (Å²) >= 11 is 0. The molecule has 0 aromatic carbocycles. The smallest absolute Gasteiger partial charge is 0.101 e. The van der Waals surface area contributed by atoms with Crippen LogP contribution < -0.4 is 0 Å². The first kappa shape index (κ1) is 15.4. The molecule has 1 aliphatic rings. The molecule has 1 aliphatic heterocycles. The van der Waals surface area contributed by atoms with Gasteiger partial charge in [0.25, 0.3) is 0 Å². The van der Waals surface area contributed by atoms with Crippen LogP contribution >= 0.6 is 0 Å². The summed E-state index contributed by atoms with van der Waals surface area (Å²) in [4.78, 5) is 5.11. The van der Waals surface area contributed by atoms with Crippen molar-refractivity contribution >= 4 is 0 Å². The maximum absolute atomic E-state index is 2.57. The summed E-state index contributed by atoms with van der Waals surface area (Å²) < 4.78 is 0. The fourth-order valence-corrected chi connectivity index (χ4v) is 2.72. The highest BCUT2D eigenvalue weighted by Gasteiger charge is 2.24. The second-order valence-electron chi connectivity index (χ2n) is 5.46. The van der Waals surface area contributed by atoms with E-state index in [1.54, 1.807) is 0 Å². The van der Waals surface area contributed by atoms with Crippen molar-refractivity contribution in [1.82, 2.24) is 9.80 Å². The zero-order valence-corrected chi connectivity index (χ0v) is 12.7. The van der Waals surface area contributed by atoms with Crippen LogP contribution in [0.1, 0.15) is 72.1 Å². The van der Waals surface area contributed by atoms with Crippen molar-refractivity contribution in [2.45, 2.75) is 78.3 Å². The van der Waals surface area contributed by atoms with Gasteiger partial charge in [-0.1, -0.05) is 46.5 Å². The van der Waals surface area contributed by atoms with E-state index >= 15 is 0 Å². The normalized spacial score (nSPS) is 18.9. The molecule has 0 aliphatic carbocycles. The van der Waals surface area contributed by atoms with Gasteiger partial charge in [-0.3, -0.25) is 0 Å². The standard InChI is InChI=1S/C16H32N2/c1-4-7-9-11-16-17(12-6-3)14-15-18(16)13-10-8-5-2/h14-16H,4-13H2,1-3H3. The zero-order chi connectivity index (χ0) is 13.2. The summed E-state index contributed by atoms with van der Waals surface area (Å²) in [6.45, 7) is 9.28. The van der Waals surface area contributed by atoms with Gasteiger partial charge < -0.3 is 9.80 Å². The van der Waals surface area contributed by atoms with Gasteiger partial charge in [-0.25, -0.2) is 0 Å². The van der Waals surface area contributed by atoms with Crippen molar-refractivity contribution in [3.05, 3.63) is 12.4 Å². The zero-order valence-electron chi connectivity index (χ0n) is 12.7. The van der Waals surface area contributed by atoms with Gasteiger partial charge in [-0.2, -0.15) is 0 Å². The molecule has 106 valence electrons. The van der Waals surface area contributed by atoms with E-state index in [0.717, 1.165) is 0 Å². The minimum atomic E-state index is 0.647. The lowest BCUT2D eigenvalue weighted by atomic mass is 10.1. The van der Waals surface area contributed by atoms with Crippen molar-refractivity contribution in [1.29, 1.82) is 0 Å². The molecule has 0 aromatic heterocycles. The summed E-state index contributed by atoms with van der Waals surface area (Å²) in [5.41, 5.74) is 0. The molecule has 2 nitrogen and oxygen atoms in total. The van der Waals surface area contributed by atoms with Gasteiger partial charge in [0.1, 0.15) is 6.17 Å². The van der Waals surface area contributed by atoms with E-state index in [1.165, 1.54) is 64.5 Å². The summed E-state index contributed by atoms with van der Waals surface area (Å²) in [7, 11) is 0. The van der Waals surface area contributed by atoms with Crippen LogP contribution in [0.5, 0.6) is 0 Å². The van der Waals surface area contributed by atoms with Crippen molar-refractivity contribution < 1.29 is 0 Å². The first-order valence-corrected chi connectivity index (χ1v) is 8.03. The molecule has 0 saturated heterocycles. The lowest BCUT2D eigenvalue weighted by Gasteiger charge is -2.33. The van der Waals surface area contributed by atoms with E-state index in [1.807, 2.05) is 0 Å². The molecule has 0 radical (unpaired) electrons. The summed E-state index contributed by atoms with van der Waals surface area (Å²) in [6, 6.07) is 0. The first-order chi connectivity index (χ1) is 8.83. The number of rotatable bonds is 10. The third-order valence-corrected chi connectivity index (χ3v) is 3.78. The Balaban J connectivity index is 2.40. The Labute approximate surface area is 114 Å². The molecular weight excluding hydrogens is 220 g/mol. The molecule has 1 heterocycles. The van der Waals surface area contributed by atoms with E-state index in [0.29, 0.717) is 6.17 Å². The number of hydrogen-bond acceptors (Lipinski definition) is 2. The topological polar surface area (TPSA) is 6.48 Å². The molecule has 0 spiro atoms. The minimum Gasteiger partial charge on any atom is -0.356 e. The Hall–Kier alpha value is -0.660. The molecule has 18 heavy (non-hydrogen) atoms. The molecule has 1 atom stereocenters. The summed E-state index contributed by atoms with van der Waals surface area (Å²) in [5, 5.41) is 0. The first-order valence-electron chi connectivity index (χ1n) is 8.03. The molecule has 0 aromatic rings. The highest BCUT2D eigenvalue weighted by atomic mass is 15.4. The van der Waals surface area contributed by atoms with E-state index in [9.17, 15) is 0 Å². The number of hydrogen-bond donors (Lipinski definition) is 0. The van der Waals surface area contributed by atoms with E-state index < -0.39 is 0 Å². The van der Waals surface area contributed by atoms with Gasteiger partial charge >= 0.3 is 0 Å². The quantitative estimate of drug-likeness (QED) is 0.525. The minimum absolute atomic E-state index is 0.647. The second-order valence-corrected chi connectivity index (χ2v) is 5.46. The van der Waals surface area contributed by atoms with Crippen molar-refractivity contribution in [2.75, 3.05) is 13.1 Å². The fourth-order valence-electron chi connectivity index (χ4n) is 2.72. The van der Waals surface area contributed by atoms with E-state index in [2.05, 4.69) is 43.0 Å². The molecular formula is C16H32N2. The van der Waals surface area contributed by atoms with Gasteiger partial charge in [-0.15, -0.1) is 0 Å². The van der Waals surface area contributed by atoms with Gasteiger partial charge in [0.15, 0.2) is 0 Å². The average Bonchev–Trinajstić information content (AvgIpc) is 2.74. The molecule has 0 fully saturated rings. The Morgan fingerprint density at radius 3 is 1.94 bits per heavy atom. The van der Waals surface area contributed by atoms with Crippen LogP contribution in [0.4, 0.5) is 0 Å². The maximum Gasteiger partial charge on any atom is 0.101 e. The lowest BCUT2D eigenvalue weighted by Crippen LogP contribution is -2.39. The van der Waals surface area contributed by atoms with E-state index in [-0.39, 0.29) is 0 Å². The SMILES string of the molecule is CCCCCC1N(CCC)C=CN1CCCCC. The molecule has 0 bridgehead atoms. The van der Waals surface area contributed by atoms with E-state index in [4.69, 9.17) is 0 Å². The van der Waals surface area contributed by atoms with Crippen molar-refractivity contribution in [2.24, 2.45) is 0 Å². The predicted molar refractivity (Wildman–Crippen MR) is 80.3 cm³/mol. The summed E-state index contributed by atoms with van der Waals surface area (Å²) in [5.74, 6) is 0. The molecule has 1 rings (SSSR count). The van der Waals surface area contributed by atoms with Crippen LogP contribution in [0, 0.1) is 0 Å². The van der Waals surface area contributed by atoms with Crippen LogP contribution in [0.3, 0.4) is 0 Å². The fraction of sp³-hybridized carbons (Fsp3) is 0.875. The van der Waals surface area contributed by atoms with Gasteiger partial charge in [-0.05, 0) is 25.7 Å². The number of nitrogens with zero attached hydrogens (tertiary/aromatic N) is 2. The van der Waals surface area contributed by atoms with Gasteiger partial charge in [0, 0.05) is 25.5 Å². The highest BCUT2D eigenvalue weighted by Crippen LogP contribution is 2.22. The van der Waals surface area contributed by atoms with Crippen LogP contribution in [-0.2, 0) is 0 Å². The van der Waals surface area contributed by atoms with Crippen molar-refractivity contribution in [3.8, 4) is 0 Å². The van der Waals surface area contributed by atoms with Gasteiger partial charge in [0.2, 0.25) is 0 Å². The predicted octanol–water partition coefficient (Wildman–Crippen LogP) is 4.58. The molecule has 1 unspecified atom stereocenters. The third-order valence-electron chi connectivity index (χ3n) is 3.78. The van der Waals surface area contributed by atoms with Gasteiger partial charge in [0.05, 0.1) is 0 Å². The number of unbranched alkanes of at least 4 members (excludes halogenated alkanes) is 4. The average molecular weight is 252 g/mol. The lowest BCUT2D eigenvalue weighted by molar-refractivity contribution is 0.138. The monoisotopic (exact) mass is 252 g/mol. The Bertz CT molecular complexity index is 225. The van der Waals surface area contributed by atoms with Crippen LogP contribution in [0.25, 0.3) is 0 Å². The van der Waals surface area contributed by atoms with Crippen LogP contribution in [0.15, 0.2) is 12.4 Å². The Morgan fingerprint density at radius 2 is 1.33 bits per heavy atom. The molecule has 0 N–H and O–H groups in total. The second kappa shape index (κ2) is 9.29. The highest BCUT2D eigenvalue weighted by molar-refractivity contribution is 4.96. The van der Waals surface area contributed by atoms with Crippen LogP contribution in [0.2, 0.25) is 0 Å². The summed E-state index contributed by atoms with van der Waals surface area (Å²) in [6.07, 6.45) is 15.9.